The van der Waals surface area contributed by atoms with Gasteiger partial charge in [0.2, 0.25) is 11.8 Å². The molecule has 7 heteroatoms. The molecule has 1 aliphatic rings. The van der Waals surface area contributed by atoms with Gasteiger partial charge in [-0.25, -0.2) is 8.78 Å². The van der Waals surface area contributed by atoms with Crippen molar-refractivity contribution in [2.24, 2.45) is 11.7 Å². The average Bonchev–Trinajstić information content (AvgIpc) is 2.69. The van der Waals surface area contributed by atoms with Crippen LogP contribution in [0.25, 0.3) is 0 Å². The topological polar surface area (TPSA) is 72.6 Å². The maximum absolute atomic E-state index is 13.8. The molecule has 2 amide bonds. The van der Waals surface area contributed by atoms with E-state index in [1.165, 1.54) is 30.3 Å². The van der Waals surface area contributed by atoms with Crippen molar-refractivity contribution in [3.63, 3.8) is 0 Å². The van der Waals surface area contributed by atoms with Crippen LogP contribution in [0.2, 0.25) is 0 Å². The third-order valence-electron chi connectivity index (χ3n) is 5.15. The third kappa shape index (κ3) is 5.76. The number of piperidine rings is 1. The lowest BCUT2D eigenvalue weighted by atomic mass is 9.90. The number of amides is 2. The first-order valence-electron chi connectivity index (χ1n) is 9.64. The van der Waals surface area contributed by atoms with E-state index >= 15 is 0 Å². The fourth-order valence-corrected chi connectivity index (χ4v) is 3.64. The van der Waals surface area contributed by atoms with E-state index in [4.69, 9.17) is 10.5 Å². The van der Waals surface area contributed by atoms with Crippen LogP contribution < -0.4 is 10.5 Å². The second-order valence-electron chi connectivity index (χ2n) is 7.26. The fourth-order valence-electron chi connectivity index (χ4n) is 3.64. The zero-order valence-electron chi connectivity index (χ0n) is 16.0. The minimum atomic E-state index is -0.469. The van der Waals surface area contributed by atoms with E-state index in [9.17, 15) is 18.4 Å². The molecule has 0 bridgehead atoms. The lowest BCUT2D eigenvalue weighted by Gasteiger charge is -2.38. The molecule has 1 aliphatic heterocycles. The highest BCUT2D eigenvalue weighted by atomic mass is 19.1. The second kappa shape index (κ2) is 9.49. The summed E-state index contributed by atoms with van der Waals surface area (Å²) in [6.45, 7) is 0.808. The summed E-state index contributed by atoms with van der Waals surface area (Å²) in [4.78, 5) is 25.8. The Balaban J connectivity index is 1.61. The molecule has 1 saturated heterocycles. The number of nitrogens with zero attached hydrogens (tertiary/aromatic N) is 1. The smallest absolute Gasteiger partial charge is 0.222 e. The summed E-state index contributed by atoms with van der Waals surface area (Å²) in [7, 11) is 0. The minimum absolute atomic E-state index is 0.0863. The van der Waals surface area contributed by atoms with E-state index in [0.717, 1.165) is 0 Å². The van der Waals surface area contributed by atoms with Crippen LogP contribution in [0.3, 0.4) is 0 Å². The van der Waals surface area contributed by atoms with Crippen molar-refractivity contribution in [2.75, 3.05) is 13.1 Å². The van der Waals surface area contributed by atoms with Crippen molar-refractivity contribution in [2.45, 2.75) is 31.8 Å². The summed E-state index contributed by atoms with van der Waals surface area (Å²) in [5.74, 6) is -1.00. The highest BCUT2D eigenvalue weighted by Crippen LogP contribution is 2.26. The van der Waals surface area contributed by atoms with Crippen molar-refractivity contribution >= 4 is 11.8 Å². The zero-order valence-corrected chi connectivity index (χ0v) is 16.0. The number of halogens is 2. The second-order valence-corrected chi connectivity index (χ2v) is 7.26. The number of rotatable bonds is 7. The molecule has 2 aromatic rings. The largest absolute Gasteiger partial charge is 0.490 e. The van der Waals surface area contributed by atoms with Gasteiger partial charge in [-0.05, 0) is 42.3 Å². The molecular weight excluding hydrogens is 378 g/mol. The van der Waals surface area contributed by atoms with Gasteiger partial charge in [0.15, 0.2) is 0 Å². The number of ether oxygens (including phenoxy) is 1. The standard InChI is InChI=1S/C22H24F2N2O3/c23-17-6-8-18(9-7-17)29-20-11-12-26(14-16(20)13-21(25)27)22(28)10-5-15-3-1-2-4-19(15)24/h1-4,6-9,16,20H,5,10-14H2,(H2,25,27)/t16-,20-/m0/s1. The molecule has 0 saturated carbocycles. The third-order valence-corrected chi connectivity index (χ3v) is 5.15. The molecule has 1 heterocycles. The Morgan fingerprint density at radius 1 is 1.10 bits per heavy atom. The molecule has 0 aliphatic carbocycles. The highest BCUT2D eigenvalue weighted by Gasteiger charge is 2.33. The van der Waals surface area contributed by atoms with Crippen LogP contribution in [0.5, 0.6) is 5.75 Å². The van der Waals surface area contributed by atoms with E-state index in [-0.39, 0.29) is 42.4 Å². The maximum atomic E-state index is 13.8. The van der Waals surface area contributed by atoms with Crippen LogP contribution in [0.4, 0.5) is 8.78 Å². The van der Waals surface area contributed by atoms with Gasteiger partial charge in [0.1, 0.15) is 23.5 Å². The van der Waals surface area contributed by atoms with Crippen LogP contribution in [-0.2, 0) is 16.0 Å². The number of primary amides is 1. The molecule has 0 radical (unpaired) electrons. The summed E-state index contributed by atoms with van der Waals surface area (Å²) in [6, 6.07) is 12.1. The van der Waals surface area contributed by atoms with Gasteiger partial charge in [-0.2, -0.15) is 0 Å². The first-order chi connectivity index (χ1) is 13.9. The zero-order chi connectivity index (χ0) is 20.8. The van der Waals surface area contributed by atoms with E-state index in [0.29, 0.717) is 37.2 Å². The van der Waals surface area contributed by atoms with Crippen molar-refractivity contribution in [3.05, 3.63) is 65.7 Å². The molecule has 0 aromatic heterocycles. The van der Waals surface area contributed by atoms with Gasteiger partial charge in [-0.3, -0.25) is 9.59 Å². The number of carbonyl (C=O) groups excluding carboxylic acids is 2. The van der Waals surface area contributed by atoms with Gasteiger partial charge in [0.05, 0.1) is 0 Å². The van der Waals surface area contributed by atoms with Gasteiger partial charge in [-0.1, -0.05) is 18.2 Å². The lowest BCUT2D eigenvalue weighted by Crippen LogP contribution is -2.49. The Kier molecular flexibility index (Phi) is 6.80. The number of aryl methyl sites for hydroxylation is 1. The fraction of sp³-hybridized carbons (Fsp3) is 0.364. The molecule has 0 unspecified atom stereocenters. The number of hydrogen-bond donors (Lipinski definition) is 1. The van der Waals surface area contributed by atoms with E-state index in [1.54, 1.807) is 23.1 Å². The number of carbonyl (C=O) groups is 2. The van der Waals surface area contributed by atoms with Crippen LogP contribution in [-0.4, -0.2) is 35.9 Å². The summed E-state index contributed by atoms with van der Waals surface area (Å²) >= 11 is 0. The van der Waals surface area contributed by atoms with Crippen molar-refractivity contribution < 1.29 is 23.1 Å². The van der Waals surface area contributed by atoms with E-state index < -0.39 is 5.91 Å². The highest BCUT2D eigenvalue weighted by molar-refractivity contribution is 5.77. The van der Waals surface area contributed by atoms with Crippen LogP contribution in [0.1, 0.15) is 24.8 Å². The van der Waals surface area contributed by atoms with Gasteiger partial charge in [0.25, 0.3) is 0 Å². The molecule has 2 atom stereocenters. The number of benzene rings is 2. The summed E-state index contributed by atoms with van der Waals surface area (Å²) in [6.07, 6.45) is 0.818. The Labute approximate surface area is 168 Å². The van der Waals surface area contributed by atoms with Crippen LogP contribution >= 0.6 is 0 Å². The molecule has 0 spiro atoms. The lowest BCUT2D eigenvalue weighted by molar-refractivity contribution is -0.136. The molecule has 29 heavy (non-hydrogen) atoms. The molecule has 154 valence electrons. The van der Waals surface area contributed by atoms with Crippen molar-refractivity contribution in [3.8, 4) is 5.75 Å². The molecular formula is C22H24F2N2O3. The number of nitrogens with two attached hydrogens (primary N) is 1. The Hall–Kier alpha value is -2.96. The molecule has 2 aromatic carbocycles. The first-order valence-corrected chi connectivity index (χ1v) is 9.64. The van der Waals surface area contributed by atoms with E-state index in [1.807, 2.05) is 0 Å². The summed E-state index contributed by atoms with van der Waals surface area (Å²) in [5.41, 5.74) is 5.89. The van der Waals surface area contributed by atoms with Crippen LogP contribution in [0.15, 0.2) is 48.5 Å². The molecule has 5 nitrogen and oxygen atoms in total. The molecule has 1 fully saturated rings. The molecule has 3 rings (SSSR count). The van der Waals surface area contributed by atoms with Gasteiger partial charge in [-0.15, -0.1) is 0 Å². The first kappa shape index (κ1) is 20.8. The normalized spacial score (nSPS) is 19.0. The van der Waals surface area contributed by atoms with Gasteiger partial charge >= 0.3 is 0 Å². The molecule has 2 N–H and O–H groups in total. The van der Waals surface area contributed by atoms with Crippen molar-refractivity contribution in [1.29, 1.82) is 0 Å². The Morgan fingerprint density at radius 3 is 2.52 bits per heavy atom. The number of likely N-dealkylation sites (tertiary alicyclic amines) is 1. The Bertz CT molecular complexity index is 857. The van der Waals surface area contributed by atoms with E-state index in [2.05, 4.69) is 0 Å². The summed E-state index contributed by atoms with van der Waals surface area (Å²) in [5, 5.41) is 0. The van der Waals surface area contributed by atoms with Crippen LogP contribution in [0, 0.1) is 17.6 Å². The van der Waals surface area contributed by atoms with Gasteiger partial charge < -0.3 is 15.4 Å². The quantitative estimate of drug-likeness (QED) is 0.774. The Morgan fingerprint density at radius 2 is 1.83 bits per heavy atom. The van der Waals surface area contributed by atoms with Crippen molar-refractivity contribution in [1.82, 2.24) is 4.90 Å². The van der Waals surface area contributed by atoms with Gasteiger partial charge in [0, 0.05) is 38.3 Å². The average molecular weight is 402 g/mol. The number of hydrogen-bond acceptors (Lipinski definition) is 3. The predicted octanol–water partition coefficient (Wildman–Crippen LogP) is 3.07. The SMILES string of the molecule is NC(=O)C[C@H]1CN(C(=O)CCc2ccccc2F)CC[C@@H]1Oc1ccc(F)cc1. The maximum Gasteiger partial charge on any atom is 0.222 e. The minimum Gasteiger partial charge on any atom is -0.490 e. The predicted molar refractivity (Wildman–Crippen MR) is 104 cm³/mol. The summed E-state index contributed by atoms with van der Waals surface area (Å²) < 4.78 is 32.8. The monoisotopic (exact) mass is 402 g/mol.